The Morgan fingerprint density at radius 1 is 1.56 bits per heavy atom. The van der Waals surface area contributed by atoms with Crippen LogP contribution >= 0.6 is 11.5 Å². The van der Waals surface area contributed by atoms with E-state index in [1.54, 1.807) is 6.92 Å². The van der Waals surface area contributed by atoms with Crippen molar-refractivity contribution in [2.24, 2.45) is 5.41 Å². The van der Waals surface area contributed by atoms with Crippen molar-refractivity contribution in [3.8, 4) is 0 Å². The number of nitrogens with zero attached hydrogens (tertiary/aromatic N) is 2. The standard InChI is InChI=1S/C10H17N3O2S/c1-7-8(16-13-12-7)9(15)11-6-10(2,3)4-5-14/h14H,4-6H2,1-3H3,(H,11,15). The van der Waals surface area contributed by atoms with Crippen LogP contribution in [0.4, 0.5) is 0 Å². The molecule has 1 rings (SSSR count). The quantitative estimate of drug-likeness (QED) is 0.808. The summed E-state index contributed by atoms with van der Waals surface area (Å²) in [6, 6.07) is 0. The highest BCUT2D eigenvalue weighted by Crippen LogP contribution is 2.18. The first-order valence-electron chi connectivity index (χ1n) is 5.14. The van der Waals surface area contributed by atoms with Crippen LogP contribution in [-0.2, 0) is 0 Å². The number of aromatic nitrogens is 2. The first kappa shape index (κ1) is 13.1. The Balaban J connectivity index is 2.51. The molecule has 1 amide bonds. The van der Waals surface area contributed by atoms with Crippen molar-refractivity contribution in [3.63, 3.8) is 0 Å². The van der Waals surface area contributed by atoms with E-state index in [2.05, 4.69) is 14.9 Å². The lowest BCUT2D eigenvalue weighted by molar-refractivity contribution is 0.0931. The molecule has 0 aliphatic heterocycles. The number of aliphatic hydroxyl groups excluding tert-OH is 1. The van der Waals surface area contributed by atoms with Gasteiger partial charge in [-0.05, 0) is 30.3 Å². The maximum Gasteiger partial charge on any atom is 0.264 e. The summed E-state index contributed by atoms with van der Waals surface area (Å²) in [5.74, 6) is -0.140. The molecule has 0 aliphatic carbocycles. The highest BCUT2D eigenvalue weighted by molar-refractivity contribution is 7.07. The Kier molecular flexibility index (Phi) is 4.37. The number of nitrogens with one attached hydrogen (secondary N) is 1. The number of hydrogen-bond acceptors (Lipinski definition) is 5. The highest BCUT2D eigenvalue weighted by atomic mass is 32.1. The molecule has 0 radical (unpaired) electrons. The van der Waals surface area contributed by atoms with Gasteiger partial charge in [0.25, 0.3) is 5.91 Å². The maximum atomic E-state index is 11.7. The zero-order valence-corrected chi connectivity index (χ0v) is 10.6. The van der Waals surface area contributed by atoms with Crippen molar-refractivity contribution in [2.45, 2.75) is 27.2 Å². The topological polar surface area (TPSA) is 75.1 Å². The lowest BCUT2D eigenvalue weighted by Crippen LogP contribution is -2.34. The zero-order valence-electron chi connectivity index (χ0n) is 9.78. The summed E-state index contributed by atoms with van der Waals surface area (Å²) < 4.78 is 3.71. The predicted octanol–water partition coefficient (Wildman–Crippen LogP) is 0.985. The van der Waals surface area contributed by atoms with Gasteiger partial charge in [0.05, 0.1) is 5.69 Å². The minimum absolute atomic E-state index is 0.101. The molecular weight excluding hydrogens is 226 g/mol. The van der Waals surface area contributed by atoms with Gasteiger partial charge in [0.15, 0.2) is 0 Å². The number of carbonyl (C=O) groups excluding carboxylic acids is 1. The van der Waals surface area contributed by atoms with Gasteiger partial charge in [0.1, 0.15) is 4.88 Å². The molecule has 0 aliphatic rings. The number of carbonyl (C=O) groups is 1. The second kappa shape index (κ2) is 5.36. The fourth-order valence-electron chi connectivity index (χ4n) is 1.23. The fraction of sp³-hybridized carbons (Fsp3) is 0.700. The summed E-state index contributed by atoms with van der Waals surface area (Å²) in [6.07, 6.45) is 0.660. The molecule has 0 atom stereocenters. The van der Waals surface area contributed by atoms with Gasteiger partial charge in [0, 0.05) is 13.2 Å². The normalized spacial score (nSPS) is 11.5. The monoisotopic (exact) mass is 243 g/mol. The first-order valence-corrected chi connectivity index (χ1v) is 5.91. The Hall–Kier alpha value is -1.01. The van der Waals surface area contributed by atoms with E-state index in [4.69, 9.17) is 5.11 Å². The van der Waals surface area contributed by atoms with Crippen molar-refractivity contribution >= 4 is 17.4 Å². The van der Waals surface area contributed by atoms with Gasteiger partial charge in [-0.1, -0.05) is 18.3 Å². The minimum atomic E-state index is -0.140. The molecule has 0 spiro atoms. The van der Waals surface area contributed by atoms with Gasteiger partial charge in [-0.3, -0.25) is 4.79 Å². The van der Waals surface area contributed by atoms with E-state index in [0.717, 1.165) is 11.5 Å². The summed E-state index contributed by atoms with van der Waals surface area (Å²) in [6.45, 7) is 6.42. The molecule has 0 aromatic carbocycles. The zero-order chi connectivity index (χ0) is 12.2. The molecule has 6 heteroatoms. The van der Waals surface area contributed by atoms with E-state index in [9.17, 15) is 4.79 Å². The molecule has 0 saturated heterocycles. The van der Waals surface area contributed by atoms with Gasteiger partial charge >= 0.3 is 0 Å². The second-order valence-corrected chi connectivity index (χ2v) is 5.26. The van der Waals surface area contributed by atoms with Crippen molar-refractivity contribution in [1.29, 1.82) is 0 Å². The molecule has 1 aromatic rings. The Labute approximate surface area is 99.0 Å². The number of aliphatic hydroxyl groups is 1. The summed E-state index contributed by atoms with van der Waals surface area (Å²) in [4.78, 5) is 12.3. The Bertz CT molecular complexity index is 363. The SMILES string of the molecule is Cc1nnsc1C(=O)NCC(C)(C)CCO. The molecular formula is C10H17N3O2S. The van der Waals surface area contributed by atoms with Crippen LogP contribution in [0.15, 0.2) is 0 Å². The van der Waals surface area contributed by atoms with Crippen molar-refractivity contribution in [3.05, 3.63) is 10.6 Å². The molecule has 1 aromatic heterocycles. The van der Waals surface area contributed by atoms with Gasteiger partial charge < -0.3 is 10.4 Å². The number of amides is 1. The number of rotatable bonds is 5. The third-order valence-corrected chi connectivity index (χ3v) is 3.20. The number of hydrogen-bond donors (Lipinski definition) is 2. The average Bonchev–Trinajstić information content (AvgIpc) is 2.61. The molecule has 16 heavy (non-hydrogen) atoms. The summed E-state index contributed by atoms with van der Waals surface area (Å²) >= 11 is 1.10. The molecule has 1 heterocycles. The third kappa shape index (κ3) is 3.53. The molecule has 0 unspecified atom stereocenters. The van der Waals surface area contributed by atoms with E-state index < -0.39 is 0 Å². The van der Waals surface area contributed by atoms with E-state index in [-0.39, 0.29) is 17.9 Å². The Morgan fingerprint density at radius 3 is 2.75 bits per heavy atom. The lowest BCUT2D eigenvalue weighted by Gasteiger charge is -2.23. The van der Waals surface area contributed by atoms with E-state index >= 15 is 0 Å². The smallest absolute Gasteiger partial charge is 0.264 e. The number of aryl methyl sites for hydroxylation is 1. The van der Waals surface area contributed by atoms with E-state index in [0.29, 0.717) is 23.5 Å². The fourth-order valence-corrected chi connectivity index (χ4v) is 1.80. The summed E-state index contributed by atoms with van der Waals surface area (Å²) in [5, 5.41) is 15.5. The molecule has 0 bridgehead atoms. The van der Waals surface area contributed by atoms with Crippen LogP contribution in [0.3, 0.4) is 0 Å². The average molecular weight is 243 g/mol. The van der Waals surface area contributed by atoms with Crippen LogP contribution in [0.25, 0.3) is 0 Å². The van der Waals surface area contributed by atoms with E-state index in [1.165, 1.54) is 0 Å². The summed E-state index contributed by atoms with van der Waals surface area (Å²) in [7, 11) is 0. The van der Waals surface area contributed by atoms with Crippen LogP contribution < -0.4 is 5.32 Å². The second-order valence-electron chi connectivity index (χ2n) is 4.51. The largest absolute Gasteiger partial charge is 0.396 e. The van der Waals surface area contributed by atoms with Crippen molar-refractivity contribution in [2.75, 3.05) is 13.2 Å². The third-order valence-electron chi connectivity index (χ3n) is 2.37. The van der Waals surface area contributed by atoms with Gasteiger partial charge in [-0.15, -0.1) is 5.10 Å². The van der Waals surface area contributed by atoms with Gasteiger partial charge in [-0.25, -0.2) is 0 Å². The van der Waals surface area contributed by atoms with Gasteiger partial charge in [-0.2, -0.15) is 0 Å². The highest BCUT2D eigenvalue weighted by Gasteiger charge is 2.20. The molecule has 90 valence electrons. The van der Waals surface area contributed by atoms with Gasteiger partial charge in [0.2, 0.25) is 0 Å². The van der Waals surface area contributed by atoms with Crippen molar-refractivity contribution in [1.82, 2.24) is 14.9 Å². The van der Waals surface area contributed by atoms with Crippen molar-refractivity contribution < 1.29 is 9.90 Å². The molecule has 2 N–H and O–H groups in total. The van der Waals surface area contributed by atoms with Crippen LogP contribution in [0.5, 0.6) is 0 Å². The van der Waals surface area contributed by atoms with E-state index in [1.807, 2.05) is 13.8 Å². The molecule has 0 saturated carbocycles. The van der Waals surface area contributed by atoms with Crippen LogP contribution in [-0.4, -0.2) is 33.8 Å². The van der Waals surface area contributed by atoms with Crippen LogP contribution in [0.1, 0.15) is 35.6 Å². The Morgan fingerprint density at radius 2 is 2.25 bits per heavy atom. The van der Waals surface area contributed by atoms with Crippen LogP contribution in [0.2, 0.25) is 0 Å². The molecule has 0 fully saturated rings. The molecule has 5 nitrogen and oxygen atoms in total. The summed E-state index contributed by atoms with van der Waals surface area (Å²) in [5.41, 5.74) is 0.554. The minimum Gasteiger partial charge on any atom is -0.396 e. The first-order chi connectivity index (χ1) is 7.46. The lowest BCUT2D eigenvalue weighted by atomic mass is 9.90. The van der Waals surface area contributed by atoms with Crippen LogP contribution in [0, 0.1) is 12.3 Å². The predicted molar refractivity (Wildman–Crippen MR) is 62.5 cm³/mol. The maximum absolute atomic E-state index is 11.7.